The molecule has 0 aromatic rings. The molecule has 0 spiro atoms. The standard InChI is InChI=1S/C16H32O4Si/c1-6-9-13-19-21(5,20-15(4)11-7-2)14-10-12-18-16(17)8-3/h8,15H,3,6-7,9-14H2,1-2,4-5H3. The van der Waals surface area contributed by atoms with E-state index in [1.807, 2.05) is 0 Å². The fraction of sp³-hybridized carbons (Fsp3) is 0.812. The van der Waals surface area contributed by atoms with E-state index in [0.29, 0.717) is 6.61 Å². The van der Waals surface area contributed by atoms with Gasteiger partial charge in [0, 0.05) is 18.8 Å². The maximum Gasteiger partial charge on any atom is 0.335 e. The Bertz CT molecular complexity index is 296. The molecule has 0 fully saturated rings. The summed E-state index contributed by atoms with van der Waals surface area (Å²) in [4.78, 5) is 11.0. The number of hydrogen-bond donors (Lipinski definition) is 0. The summed E-state index contributed by atoms with van der Waals surface area (Å²) in [6.45, 7) is 13.1. The fourth-order valence-corrected chi connectivity index (χ4v) is 4.78. The number of rotatable bonds is 13. The Morgan fingerprint density at radius 2 is 1.95 bits per heavy atom. The molecule has 0 radical (unpaired) electrons. The summed E-state index contributed by atoms with van der Waals surface area (Å²) in [5.74, 6) is -0.370. The van der Waals surface area contributed by atoms with Crippen molar-refractivity contribution in [1.29, 1.82) is 0 Å². The molecule has 0 aliphatic heterocycles. The number of carbonyl (C=O) groups excluding carboxylic acids is 1. The van der Waals surface area contributed by atoms with Gasteiger partial charge in [0.05, 0.1) is 6.61 Å². The Morgan fingerprint density at radius 3 is 2.52 bits per heavy atom. The van der Waals surface area contributed by atoms with E-state index < -0.39 is 8.56 Å². The molecule has 0 bridgehead atoms. The summed E-state index contributed by atoms with van der Waals surface area (Å²) >= 11 is 0. The normalized spacial score (nSPS) is 15.2. The molecule has 0 aromatic heterocycles. The van der Waals surface area contributed by atoms with Gasteiger partial charge in [-0.3, -0.25) is 0 Å². The number of hydrogen-bond acceptors (Lipinski definition) is 4. The largest absolute Gasteiger partial charge is 0.463 e. The van der Waals surface area contributed by atoms with Crippen molar-refractivity contribution in [3.63, 3.8) is 0 Å². The van der Waals surface area contributed by atoms with E-state index in [0.717, 1.165) is 44.8 Å². The Hall–Kier alpha value is -0.653. The van der Waals surface area contributed by atoms with Gasteiger partial charge in [0.2, 0.25) is 0 Å². The lowest BCUT2D eigenvalue weighted by Gasteiger charge is -2.30. The molecular formula is C16H32O4Si. The second-order valence-corrected chi connectivity index (χ2v) is 8.82. The van der Waals surface area contributed by atoms with Crippen molar-refractivity contribution in [1.82, 2.24) is 0 Å². The van der Waals surface area contributed by atoms with E-state index in [9.17, 15) is 4.79 Å². The molecule has 0 aliphatic carbocycles. The van der Waals surface area contributed by atoms with Crippen molar-refractivity contribution in [3.05, 3.63) is 12.7 Å². The summed E-state index contributed by atoms with van der Waals surface area (Å²) in [6, 6.07) is 0.842. The molecule has 0 aromatic carbocycles. The highest BCUT2D eigenvalue weighted by Crippen LogP contribution is 2.20. The van der Waals surface area contributed by atoms with Gasteiger partial charge in [-0.2, -0.15) is 0 Å². The van der Waals surface area contributed by atoms with E-state index in [1.54, 1.807) is 0 Å². The van der Waals surface area contributed by atoms with Gasteiger partial charge in [-0.15, -0.1) is 0 Å². The predicted molar refractivity (Wildman–Crippen MR) is 88.5 cm³/mol. The maximum atomic E-state index is 11.0. The summed E-state index contributed by atoms with van der Waals surface area (Å²) < 4.78 is 17.3. The van der Waals surface area contributed by atoms with E-state index in [2.05, 4.69) is 33.9 Å². The van der Waals surface area contributed by atoms with E-state index in [4.69, 9.17) is 13.6 Å². The summed E-state index contributed by atoms with van der Waals surface area (Å²) in [5, 5.41) is 0. The minimum Gasteiger partial charge on any atom is -0.463 e. The lowest BCUT2D eigenvalue weighted by molar-refractivity contribution is -0.137. The van der Waals surface area contributed by atoms with Gasteiger partial charge in [0.25, 0.3) is 0 Å². The van der Waals surface area contributed by atoms with Crippen LogP contribution in [0.1, 0.15) is 52.9 Å². The monoisotopic (exact) mass is 316 g/mol. The van der Waals surface area contributed by atoms with Gasteiger partial charge in [-0.1, -0.05) is 33.3 Å². The van der Waals surface area contributed by atoms with Crippen molar-refractivity contribution < 1.29 is 18.4 Å². The van der Waals surface area contributed by atoms with Crippen LogP contribution in [0.2, 0.25) is 12.6 Å². The molecule has 2 unspecified atom stereocenters. The van der Waals surface area contributed by atoms with Crippen molar-refractivity contribution >= 4 is 14.5 Å². The third-order valence-electron chi connectivity index (χ3n) is 3.24. The second-order valence-electron chi connectivity index (χ2n) is 5.53. The molecule has 124 valence electrons. The SMILES string of the molecule is C=CC(=O)OCCC[Si](C)(OCCCC)OC(C)CCC. The molecular weight excluding hydrogens is 284 g/mol. The first-order chi connectivity index (χ1) is 9.97. The summed E-state index contributed by atoms with van der Waals surface area (Å²) in [7, 11) is -2.19. The Labute approximate surface area is 131 Å². The molecule has 0 saturated carbocycles. The number of ether oxygens (including phenoxy) is 1. The maximum absolute atomic E-state index is 11.0. The van der Waals surface area contributed by atoms with Crippen LogP contribution in [-0.2, 0) is 18.4 Å². The fourth-order valence-electron chi connectivity index (χ4n) is 2.11. The van der Waals surface area contributed by atoms with E-state index >= 15 is 0 Å². The van der Waals surface area contributed by atoms with Gasteiger partial charge < -0.3 is 13.6 Å². The molecule has 4 nitrogen and oxygen atoms in total. The Kier molecular flexibility index (Phi) is 11.6. The van der Waals surface area contributed by atoms with Crippen molar-refractivity contribution in [2.75, 3.05) is 13.2 Å². The molecule has 0 amide bonds. The topological polar surface area (TPSA) is 44.8 Å². The van der Waals surface area contributed by atoms with Gasteiger partial charge in [-0.05, 0) is 38.8 Å². The minimum atomic E-state index is -2.19. The highest BCUT2D eigenvalue weighted by atomic mass is 28.4. The van der Waals surface area contributed by atoms with Gasteiger partial charge >= 0.3 is 14.5 Å². The number of esters is 1. The highest BCUT2D eigenvalue weighted by molar-refractivity contribution is 6.66. The minimum absolute atomic E-state index is 0.226. The number of carbonyl (C=O) groups is 1. The van der Waals surface area contributed by atoms with Crippen LogP contribution in [0.3, 0.4) is 0 Å². The molecule has 2 atom stereocenters. The quantitative estimate of drug-likeness (QED) is 0.221. The van der Waals surface area contributed by atoms with Gasteiger partial charge in [-0.25, -0.2) is 4.79 Å². The highest BCUT2D eigenvalue weighted by Gasteiger charge is 2.32. The first-order valence-electron chi connectivity index (χ1n) is 8.08. The Morgan fingerprint density at radius 1 is 1.24 bits per heavy atom. The Balaban J connectivity index is 4.28. The van der Waals surface area contributed by atoms with Gasteiger partial charge in [0.1, 0.15) is 0 Å². The van der Waals surface area contributed by atoms with Crippen LogP contribution in [0.4, 0.5) is 0 Å². The molecule has 0 heterocycles. The van der Waals surface area contributed by atoms with Crippen LogP contribution in [0.15, 0.2) is 12.7 Å². The van der Waals surface area contributed by atoms with Crippen LogP contribution in [-0.4, -0.2) is 33.8 Å². The zero-order chi connectivity index (χ0) is 16.1. The smallest absolute Gasteiger partial charge is 0.335 e. The molecule has 0 aliphatic rings. The summed E-state index contributed by atoms with van der Waals surface area (Å²) in [5.41, 5.74) is 0. The number of unbranched alkanes of at least 4 members (excludes halogenated alkanes) is 1. The average Bonchev–Trinajstić information content (AvgIpc) is 2.44. The average molecular weight is 317 g/mol. The lowest BCUT2D eigenvalue weighted by Crippen LogP contribution is -2.42. The third-order valence-corrected chi connectivity index (χ3v) is 6.21. The predicted octanol–water partition coefficient (Wildman–Crippen LogP) is 4.20. The third kappa shape index (κ3) is 10.7. The molecule has 0 saturated heterocycles. The molecule has 21 heavy (non-hydrogen) atoms. The zero-order valence-corrected chi connectivity index (χ0v) is 15.2. The lowest BCUT2D eigenvalue weighted by atomic mass is 10.2. The first-order valence-corrected chi connectivity index (χ1v) is 10.6. The van der Waals surface area contributed by atoms with Crippen LogP contribution in [0.25, 0.3) is 0 Å². The van der Waals surface area contributed by atoms with Crippen molar-refractivity contribution in [2.45, 2.75) is 71.6 Å². The van der Waals surface area contributed by atoms with Crippen molar-refractivity contribution in [2.24, 2.45) is 0 Å². The van der Waals surface area contributed by atoms with Crippen molar-refractivity contribution in [3.8, 4) is 0 Å². The van der Waals surface area contributed by atoms with E-state index in [1.165, 1.54) is 6.08 Å². The second kappa shape index (κ2) is 11.9. The molecule has 0 N–H and O–H groups in total. The van der Waals surface area contributed by atoms with Crippen LogP contribution < -0.4 is 0 Å². The van der Waals surface area contributed by atoms with Crippen LogP contribution in [0, 0.1) is 0 Å². The zero-order valence-electron chi connectivity index (χ0n) is 14.2. The van der Waals surface area contributed by atoms with Gasteiger partial charge in [0.15, 0.2) is 0 Å². The first kappa shape index (κ1) is 20.3. The van der Waals surface area contributed by atoms with E-state index in [-0.39, 0.29) is 12.1 Å². The molecule has 0 rings (SSSR count). The van der Waals surface area contributed by atoms with Crippen LogP contribution >= 0.6 is 0 Å². The molecule has 5 heteroatoms. The van der Waals surface area contributed by atoms with Crippen LogP contribution in [0.5, 0.6) is 0 Å². The summed E-state index contributed by atoms with van der Waals surface area (Å²) in [6.07, 6.45) is 6.51.